The fourth-order valence-electron chi connectivity index (χ4n) is 2.56. The van der Waals surface area contributed by atoms with Crippen LogP contribution in [0.15, 0.2) is 24.5 Å². The molecule has 1 amide bonds. The van der Waals surface area contributed by atoms with Gasteiger partial charge in [-0.25, -0.2) is 4.98 Å². The fourth-order valence-corrected chi connectivity index (χ4v) is 2.56. The summed E-state index contributed by atoms with van der Waals surface area (Å²) in [6.45, 7) is 2.30. The van der Waals surface area contributed by atoms with Gasteiger partial charge in [-0.3, -0.25) is 9.20 Å². The molecule has 6 heteroatoms. The predicted molar refractivity (Wildman–Crippen MR) is 76.1 cm³/mol. The van der Waals surface area contributed by atoms with Crippen molar-refractivity contribution in [1.29, 1.82) is 0 Å². The van der Waals surface area contributed by atoms with E-state index in [1.54, 1.807) is 10.6 Å². The number of hydrogen-bond donors (Lipinski definition) is 2. The van der Waals surface area contributed by atoms with Crippen molar-refractivity contribution >= 4 is 17.2 Å². The Morgan fingerprint density at radius 3 is 2.90 bits per heavy atom. The summed E-state index contributed by atoms with van der Waals surface area (Å²) in [6.07, 6.45) is 5.95. The second kappa shape index (κ2) is 5.50. The molecule has 6 nitrogen and oxygen atoms in total. The van der Waals surface area contributed by atoms with Crippen LogP contribution in [-0.4, -0.2) is 46.6 Å². The van der Waals surface area contributed by atoms with Crippen LogP contribution < -0.4 is 10.2 Å². The molecule has 1 aliphatic heterocycles. The van der Waals surface area contributed by atoms with Crippen LogP contribution in [0.1, 0.15) is 23.3 Å². The lowest BCUT2D eigenvalue weighted by Crippen LogP contribution is -2.27. The maximum atomic E-state index is 12.0. The largest absolute Gasteiger partial charge is 0.395 e. The third-order valence-electron chi connectivity index (χ3n) is 3.59. The van der Waals surface area contributed by atoms with Crippen molar-refractivity contribution in [3.05, 3.63) is 30.2 Å². The van der Waals surface area contributed by atoms with Gasteiger partial charge in [-0.05, 0) is 25.0 Å². The number of nitrogens with zero attached hydrogens (tertiary/aromatic N) is 3. The summed E-state index contributed by atoms with van der Waals surface area (Å²) in [5, 5.41) is 11.4. The van der Waals surface area contributed by atoms with Crippen molar-refractivity contribution in [3.63, 3.8) is 0 Å². The summed E-state index contributed by atoms with van der Waals surface area (Å²) in [6, 6.07) is 3.97. The minimum Gasteiger partial charge on any atom is -0.395 e. The Balaban J connectivity index is 1.92. The van der Waals surface area contributed by atoms with E-state index in [0.717, 1.165) is 24.4 Å². The highest BCUT2D eigenvalue weighted by Crippen LogP contribution is 2.21. The van der Waals surface area contributed by atoms with Gasteiger partial charge in [-0.2, -0.15) is 0 Å². The van der Waals surface area contributed by atoms with Crippen molar-refractivity contribution in [1.82, 2.24) is 14.7 Å². The van der Waals surface area contributed by atoms with Crippen LogP contribution in [0.3, 0.4) is 0 Å². The summed E-state index contributed by atoms with van der Waals surface area (Å²) in [5.74, 6) is -0.217. The molecule has 0 aliphatic carbocycles. The Kier molecular flexibility index (Phi) is 3.56. The van der Waals surface area contributed by atoms with E-state index in [2.05, 4.69) is 15.2 Å². The number of pyridine rings is 1. The van der Waals surface area contributed by atoms with Crippen LogP contribution in [0.4, 0.5) is 5.69 Å². The van der Waals surface area contributed by atoms with Gasteiger partial charge >= 0.3 is 0 Å². The van der Waals surface area contributed by atoms with E-state index in [1.807, 2.05) is 18.3 Å². The lowest BCUT2D eigenvalue weighted by Gasteiger charge is -2.17. The Hall–Kier alpha value is -2.08. The number of amides is 1. The lowest BCUT2D eigenvalue weighted by molar-refractivity contribution is 0.0939. The number of fused-ring (bicyclic) bond motifs is 1. The van der Waals surface area contributed by atoms with E-state index in [0.29, 0.717) is 5.69 Å². The van der Waals surface area contributed by atoms with E-state index < -0.39 is 0 Å². The third kappa shape index (κ3) is 2.34. The molecule has 106 valence electrons. The molecule has 1 aliphatic rings. The lowest BCUT2D eigenvalue weighted by atomic mass is 10.3. The second-order valence-corrected chi connectivity index (χ2v) is 4.93. The molecule has 0 unspecified atom stereocenters. The first kappa shape index (κ1) is 12.9. The molecule has 0 atom stereocenters. The van der Waals surface area contributed by atoms with Gasteiger partial charge in [-0.15, -0.1) is 0 Å². The molecule has 0 aromatic carbocycles. The number of hydrogen-bond acceptors (Lipinski definition) is 4. The van der Waals surface area contributed by atoms with Crippen LogP contribution in [-0.2, 0) is 0 Å². The molecule has 1 fully saturated rings. The van der Waals surface area contributed by atoms with Gasteiger partial charge in [0.1, 0.15) is 11.3 Å². The highest BCUT2D eigenvalue weighted by atomic mass is 16.3. The van der Waals surface area contributed by atoms with Crippen molar-refractivity contribution in [3.8, 4) is 0 Å². The molecule has 0 radical (unpaired) electrons. The molecule has 2 aromatic rings. The van der Waals surface area contributed by atoms with E-state index in [1.165, 1.54) is 12.8 Å². The van der Waals surface area contributed by atoms with Crippen molar-refractivity contribution < 1.29 is 9.90 Å². The molecule has 0 spiro atoms. The standard InChI is InChI=1S/C14H18N4O2/c19-8-5-15-14(20)12-9-16-13-4-3-11(10-18(12)13)17-6-1-2-7-17/h3-4,9-10,19H,1-2,5-8H2,(H,15,20). The number of carbonyl (C=O) groups excluding carboxylic acids is 1. The Morgan fingerprint density at radius 2 is 2.15 bits per heavy atom. The van der Waals surface area contributed by atoms with Gasteiger partial charge in [0.2, 0.25) is 0 Å². The Bertz CT molecular complexity index is 617. The molecule has 1 saturated heterocycles. The highest BCUT2D eigenvalue weighted by molar-refractivity contribution is 5.93. The first-order valence-electron chi connectivity index (χ1n) is 6.91. The van der Waals surface area contributed by atoms with E-state index in [9.17, 15) is 4.79 Å². The molecule has 3 rings (SSSR count). The zero-order valence-corrected chi connectivity index (χ0v) is 11.2. The maximum Gasteiger partial charge on any atom is 0.270 e. The topological polar surface area (TPSA) is 69.9 Å². The molecule has 3 heterocycles. The van der Waals surface area contributed by atoms with Gasteiger partial charge < -0.3 is 15.3 Å². The predicted octanol–water partition coefficient (Wildman–Crippen LogP) is 0.657. The first-order chi connectivity index (χ1) is 9.79. The average Bonchev–Trinajstić information content (AvgIpc) is 3.12. The number of anilines is 1. The zero-order valence-electron chi connectivity index (χ0n) is 11.2. The average molecular weight is 274 g/mol. The molecule has 20 heavy (non-hydrogen) atoms. The normalized spacial score (nSPS) is 14.9. The highest BCUT2D eigenvalue weighted by Gasteiger charge is 2.15. The Morgan fingerprint density at radius 1 is 1.35 bits per heavy atom. The number of nitrogens with one attached hydrogen (secondary N) is 1. The number of aliphatic hydroxyl groups excluding tert-OH is 1. The third-order valence-corrected chi connectivity index (χ3v) is 3.59. The van der Waals surface area contributed by atoms with Gasteiger partial charge in [0.15, 0.2) is 0 Å². The van der Waals surface area contributed by atoms with E-state index >= 15 is 0 Å². The fraction of sp³-hybridized carbons (Fsp3) is 0.429. The number of aromatic nitrogens is 2. The Labute approximate surface area is 117 Å². The van der Waals surface area contributed by atoms with Crippen LogP contribution in [0, 0.1) is 0 Å². The molecule has 0 bridgehead atoms. The van der Waals surface area contributed by atoms with Crippen LogP contribution in [0.5, 0.6) is 0 Å². The second-order valence-electron chi connectivity index (χ2n) is 4.93. The SMILES string of the molecule is O=C(NCCO)c1cnc2ccc(N3CCCC3)cn12. The molecular weight excluding hydrogens is 256 g/mol. The van der Waals surface area contributed by atoms with Gasteiger partial charge in [0, 0.05) is 25.8 Å². The number of aliphatic hydroxyl groups is 1. The number of imidazole rings is 1. The van der Waals surface area contributed by atoms with Crippen LogP contribution >= 0.6 is 0 Å². The summed E-state index contributed by atoms with van der Waals surface area (Å²) < 4.78 is 1.81. The van der Waals surface area contributed by atoms with Crippen molar-refractivity contribution in [2.45, 2.75) is 12.8 Å². The monoisotopic (exact) mass is 274 g/mol. The minimum atomic E-state index is -0.217. The summed E-state index contributed by atoms with van der Waals surface area (Å²) >= 11 is 0. The van der Waals surface area contributed by atoms with Gasteiger partial charge in [-0.1, -0.05) is 0 Å². The van der Waals surface area contributed by atoms with Crippen LogP contribution in [0.25, 0.3) is 5.65 Å². The molecule has 2 aromatic heterocycles. The molecular formula is C14H18N4O2. The van der Waals surface area contributed by atoms with Crippen molar-refractivity contribution in [2.75, 3.05) is 31.1 Å². The smallest absolute Gasteiger partial charge is 0.270 e. The summed E-state index contributed by atoms with van der Waals surface area (Å²) in [7, 11) is 0. The van der Waals surface area contributed by atoms with Gasteiger partial charge in [0.25, 0.3) is 5.91 Å². The zero-order chi connectivity index (χ0) is 13.9. The summed E-state index contributed by atoms with van der Waals surface area (Å²) in [4.78, 5) is 18.6. The van der Waals surface area contributed by atoms with Crippen molar-refractivity contribution in [2.24, 2.45) is 0 Å². The molecule has 0 saturated carbocycles. The molecule has 2 N–H and O–H groups in total. The van der Waals surface area contributed by atoms with Gasteiger partial charge in [0.05, 0.1) is 18.5 Å². The van der Waals surface area contributed by atoms with E-state index in [4.69, 9.17) is 5.11 Å². The first-order valence-corrected chi connectivity index (χ1v) is 6.91. The van der Waals surface area contributed by atoms with E-state index in [-0.39, 0.29) is 19.1 Å². The number of rotatable bonds is 4. The minimum absolute atomic E-state index is 0.0680. The quantitative estimate of drug-likeness (QED) is 0.859. The maximum absolute atomic E-state index is 12.0. The van der Waals surface area contributed by atoms with Crippen LogP contribution in [0.2, 0.25) is 0 Å². The summed E-state index contributed by atoms with van der Waals surface area (Å²) in [5.41, 5.74) is 2.36. The number of carbonyl (C=O) groups is 1.